The summed E-state index contributed by atoms with van der Waals surface area (Å²) in [6.07, 6.45) is 6.57. The van der Waals surface area contributed by atoms with Gasteiger partial charge >= 0.3 is 0 Å². The van der Waals surface area contributed by atoms with Crippen LogP contribution in [0, 0.1) is 0 Å². The highest BCUT2D eigenvalue weighted by molar-refractivity contribution is 7.74. The number of rotatable bonds is 15. The maximum absolute atomic E-state index is 13.9. The van der Waals surface area contributed by atoms with Crippen molar-refractivity contribution in [1.82, 2.24) is 39.1 Å². The lowest BCUT2D eigenvalue weighted by atomic mass is 9.95. The Morgan fingerprint density at radius 2 is 0.832 bits per heavy atom. The van der Waals surface area contributed by atoms with Gasteiger partial charge in [0.25, 0.3) is 42.6 Å². The number of aromatic nitrogens is 2. The molecule has 2 aromatic heterocycles. The molecule has 0 aliphatic carbocycles. The summed E-state index contributed by atoms with van der Waals surface area (Å²) < 4.78 is 18.7. The second kappa shape index (κ2) is 33.3. The molecule has 4 saturated heterocycles. The van der Waals surface area contributed by atoms with Gasteiger partial charge in [-0.25, -0.2) is 10.5 Å². The number of amides is 4. The van der Waals surface area contributed by atoms with Gasteiger partial charge in [-0.05, 0) is 110 Å². The molecule has 0 radical (unpaired) electrons. The Labute approximate surface area is 600 Å². The van der Waals surface area contributed by atoms with E-state index < -0.39 is 30.7 Å². The smallest absolute Gasteiger partial charge is 0.295 e. The second-order valence-electron chi connectivity index (χ2n) is 25.5. The molecule has 4 aliphatic rings. The standard InChI is InChI=1S/C33H34ClN5O3.C33H33ClN4O3.C12H12NO2P.2CH4/c1-22-20-37(30(23-10-4-2-5-11-23)24-12-6-3-7-13-24)16-17-38(22)32(41)26-18-25-27(21-39(35)29(25)19-28(26)34)31(40)33(42)36-14-8-9-15-36;1-22-21-37(30(23-10-4-2-5-11-23)24-12-6-3-7-13-24)16-17-38(22)32(40)26-18-25-27(20-35-29(25)19-28(26)34)31(39)33(41)36-14-8-9-15-36;13-15-16(14,11-7-3-1-4-8-11)12-9-5-2-6-10-12;;/h2-7,10-13,18-19,21-22,30H,8-9,14-17,20,35H2,1H3;2-7,10-13,18-20,22,30,35H,8-9,14-17,21H2,1H3;1-10H,13H2;2*1H4/t2*22-;;;/m11.../s1. The summed E-state index contributed by atoms with van der Waals surface area (Å²) in [7, 11) is -3.13. The molecule has 524 valence electrons. The summed E-state index contributed by atoms with van der Waals surface area (Å²) in [5.41, 5.74) is 7.03. The number of carbonyl (C=O) groups is 6. The highest BCUT2D eigenvalue weighted by atomic mass is 35.5. The molecule has 2 atom stereocenters. The van der Waals surface area contributed by atoms with Crippen LogP contribution in [0.25, 0.3) is 21.8 Å². The van der Waals surface area contributed by atoms with Crippen LogP contribution in [-0.2, 0) is 18.8 Å². The number of hydrogen-bond acceptors (Lipinski definition) is 12. The van der Waals surface area contributed by atoms with Gasteiger partial charge in [-0.15, -0.1) is 0 Å². The van der Waals surface area contributed by atoms with Crippen LogP contribution < -0.4 is 22.3 Å². The highest BCUT2D eigenvalue weighted by Crippen LogP contribution is 2.43. The van der Waals surface area contributed by atoms with Crippen molar-refractivity contribution < 1.29 is 38.0 Å². The van der Waals surface area contributed by atoms with Crippen molar-refractivity contribution in [3.05, 3.63) is 273 Å². The van der Waals surface area contributed by atoms with E-state index >= 15 is 0 Å². The minimum atomic E-state index is -3.13. The van der Waals surface area contributed by atoms with Crippen LogP contribution in [0.2, 0.25) is 10.0 Å². The zero-order chi connectivity index (χ0) is 69.3. The summed E-state index contributed by atoms with van der Waals surface area (Å²) in [6, 6.07) is 66.2. The molecule has 0 bridgehead atoms. The molecule has 0 saturated carbocycles. The predicted octanol–water partition coefficient (Wildman–Crippen LogP) is 13.4. The lowest BCUT2D eigenvalue weighted by Crippen LogP contribution is -2.54. The zero-order valence-corrected chi connectivity index (χ0v) is 57.7. The number of likely N-dealkylation sites (tertiary alicyclic amines) is 2. The van der Waals surface area contributed by atoms with Crippen molar-refractivity contribution in [2.24, 2.45) is 5.90 Å². The van der Waals surface area contributed by atoms with Crippen molar-refractivity contribution in [3.8, 4) is 0 Å². The number of hydrogen-bond donors (Lipinski definition) is 3. The minimum Gasteiger partial charge on any atom is -0.360 e. The first kappa shape index (κ1) is 74.2. The lowest BCUT2D eigenvalue weighted by Gasteiger charge is -2.43. The van der Waals surface area contributed by atoms with E-state index in [1.165, 1.54) is 33.1 Å². The van der Waals surface area contributed by atoms with E-state index in [4.69, 9.17) is 39.6 Å². The summed E-state index contributed by atoms with van der Waals surface area (Å²) in [6.45, 7) is 10.2. The summed E-state index contributed by atoms with van der Waals surface area (Å²) in [5, 5.41) is 2.75. The first-order chi connectivity index (χ1) is 48.0. The molecule has 18 nitrogen and oxygen atoms in total. The molecule has 4 fully saturated rings. The Morgan fingerprint density at radius 1 is 0.475 bits per heavy atom. The van der Waals surface area contributed by atoms with Crippen LogP contribution in [0.4, 0.5) is 0 Å². The zero-order valence-electron chi connectivity index (χ0n) is 55.2. The van der Waals surface area contributed by atoms with Crippen LogP contribution in [0.15, 0.2) is 219 Å². The third kappa shape index (κ3) is 16.0. The SMILES string of the molecule is C.C.C[C@@H]1CN(C(c2ccccc2)c2ccccc2)CCN1C(=O)c1cc2c(C(=O)C(=O)N3CCCC3)c[nH]c2cc1Cl.C[C@@H]1CN(C(c2ccccc2)c2ccccc2)CCN1C(=O)c1cc2c(C(=O)C(=O)N3CCCC3)cn(N)c2cc1Cl.NOP(=O)(c1ccccc1)c1ccccc1. The molecule has 6 heterocycles. The maximum atomic E-state index is 13.9. The van der Waals surface area contributed by atoms with Crippen LogP contribution in [0.3, 0.4) is 0 Å². The number of H-pyrrole nitrogens is 1. The van der Waals surface area contributed by atoms with Crippen LogP contribution in [0.5, 0.6) is 0 Å². The van der Waals surface area contributed by atoms with Crippen LogP contribution >= 0.6 is 30.6 Å². The van der Waals surface area contributed by atoms with Crippen molar-refractivity contribution in [3.63, 3.8) is 0 Å². The first-order valence-electron chi connectivity index (χ1n) is 33.5. The summed E-state index contributed by atoms with van der Waals surface area (Å²) in [5.74, 6) is 8.75. The Kier molecular flexibility index (Phi) is 24.5. The molecule has 5 N–H and O–H groups in total. The Balaban J connectivity index is 0.000000176. The van der Waals surface area contributed by atoms with Gasteiger partial charge in [0, 0.05) is 117 Å². The van der Waals surface area contributed by atoms with E-state index in [1.807, 2.05) is 77.4 Å². The van der Waals surface area contributed by atoms with Crippen molar-refractivity contribution in [2.75, 3.05) is 71.3 Å². The molecule has 0 spiro atoms. The molecule has 21 heteroatoms. The first-order valence-corrected chi connectivity index (χ1v) is 35.9. The molecular weight excluding hydrogens is 1330 g/mol. The largest absolute Gasteiger partial charge is 0.360 e. The molecule has 8 aromatic carbocycles. The lowest BCUT2D eigenvalue weighted by molar-refractivity contribution is -0.126. The third-order valence-corrected chi connectivity index (χ3v) is 22.1. The molecule has 101 heavy (non-hydrogen) atoms. The van der Waals surface area contributed by atoms with E-state index in [0.29, 0.717) is 114 Å². The van der Waals surface area contributed by atoms with E-state index in [9.17, 15) is 33.3 Å². The fourth-order valence-electron chi connectivity index (χ4n) is 14.1. The average Bonchev–Trinajstić information content (AvgIpc) is 1.69. The number of halogens is 2. The number of nitrogens with two attached hydrogens (primary N) is 2. The summed E-state index contributed by atoms with van der Waals surface area (Å²) >= 11 is 13.3. The van der Waals surface area contributed by atoms with Gasteiger partial charge in [-0.2, -0.15) is 0 Å². The van der Waals surface area contributed by atoms with E-state index in [1.54, 1.807) is 64.5 Å². The van der Waals surface area contributed by atoms with E-state index in [-0.39, 0.29) is 67.0 Å². The van der Waals surface area contributed by atoms with Gasteiger partial charge in [0.2, 0.25) is 0 Å². The van der Waals surface area contributed by atoms with Crippen LogP contribution in [-0.4, -0.2) is 152 Å². The number of Topliss-reactive ketones (excluding diaryl/α,β-unsaturated/α-hetero) is 2. The number of fused-ring (bicyclic) bond motifs is 2. The normalized spacial score (nSPS) is 16.4. The van der Waals surface area contributed by atoms with Gasteiger partial charge in [-0.3, -0.25) is 47.8 Å². The molecule has 0 unspecified atom stereocenters. The number of benzene rings is 8. The number of ketones is 2. The number of piperazine rings is 2. The number of carbonyl (C=O) groups excluding carboxylic acids is 6. The van der Waals surface area contributed by atoms with Gasteiger partial charge in [-0.1, -0.05) is 196 Å². The number of nitrogen functional groups attached to an aromatic ring is 1. The van der Waals surface area contributed by atoms with Crippen molar-refractivity contribution in [1.29, 1.82) is 0 Å². The fraction of sp³-hybridized carbons (Fsp3) is 0.275. The monoisotopic (exact) mass is 1420 g/mol. The highest BCUT2D eigenvalue weighted by Gasteiger charge is 2.38. The Morgan fingerprint density at radius 3 is 1.21 bits per heavy atom. The molecular formula is C80H87Cl2N10O8P. The second-order valence-corrected chi connectivity index (χ2v) is 28.7. The third-order valence-electron chi connectivity index (χ3n) is 19.2. The number of nitrogens with zero attached hydrogens (tertiary/aromatic N) is 7. The van der Waals surface area contributed by atoms with E-state index in [2.05, 4.69) is 119 Å². The maximum Gasteiger partial charge on any atom is 0.295 e. The van der Waals surface area contributed by atoms with Gasteiger partial charge in [0.1, 0.15) is 0 Å². The predicted molar refractivity (Wildman–Crippen MR) is 403 cm³/mol. The van der Waals surface area contributed by atoms with Crippen molar-refractivity contribution in [2.45, 2.75) is 78.6 Å². The van der Waals surface area contributed by atoms with E-state index in [0.717, 1.165) is 25.7 Å². The molecule has 4 amide bonds. The molecule has 4 aliphatic heterocycles. The minimum absolute atomic E-state index is 0. The van der Waals surface area contributed by atoms with Gasteiger partial charge < -0.3 is 30.4 Å². The topological polar surface area (TPSA) is 221 Å². The van der Waals surface area contributed by atoms with Gasteiger partial charge in [0.05, 0.1) is 49.9 Å². The quantitative estimate of drug-likeness (QED) is 0.0287. The Bertz CT molecular complexity index is 4460. The van der Waals surface area contributed by atoms with Crippen LogP contribution in [0.1, 0.15) is 130 Å². The summed E-state index contributed by atoms with van der Waals surface area (Å²) in [4.78, 5) is 94.6. The average molecular weight is 1420 g/mol. The Hall–Kier alpha value is -9.49. The number of nitrogens with one attached hydrogen (secondary N) is 1. The fourth-order valence-corrected chi connectivity index (χ4v) is 16.3. The molecule has 10 aromatic rings. The molecule has 14 rings (SSSR count). The number of aromatic amines is 1. The van der Waals surface area contributed by atoms with Gasteiger partial charge in [0.15, 0.2) is 0 Å². The van der Waals surface area contributed by atoms with Crippen molar-refractivity contribution >= 4 is 98.2 Å².